The number of piperidine rings is 1. The molecule has 100 valence electrons. The fourth-order valence-electron chi connectivity index (χ4n) is 2.02. The number of anilines is 2. The van der Waals surface area contributed by atoms with Crippen LogP contribution in [-0.2, 0) is 0 Å². The molecule has 6 nitrogen and oxygen atoms in total. The van der Waals surface area contributed by atoms with Crippen LogP contribution in [0.2, 0.25) is 0 Å². The SMILES string of the molecule is CC(C)Oc1ncnc(N2CCC(O)CC2)c1N. The lowest BCUT2D eigenvalue weighted by molar-refractivity contribution is 0.145. The molecule has 2 heterocycles. The van der Waals surface area contributed by atoms with Gasteiger partial charge in [-0.1, -0.05) is 0 Å². The summed E-state index contributed by atoms with van der Waals surface area (Å²) >= 11 is 0. The van der Waals surface area contributed by atoms with Gasteiger partial charge < -0.3 is 20.5 Å². The van der Waals surface area contributed by atoms with Crippen LogP contribution in [0.25, 0.3) is 0 Å². The normalized spacial score (nSPS) is 17.2. The number of nitrogen functional groups attached to an aromatic ring is 1. The van der Waals surface area contributed by atoms with E-state index in [1.165, 1.54) is 6.33 Å². The fraction of sp³-hybridized carbons (Fsp3) is 0.667. The van der Waals surface area contributed by atoms with E-state index in [0.29, 0.717) is 17.4 Å². The Kier molecular flexibility index (Phi) is 3.86. The van der Waals surface area contributed by atoms with Crippen LogP contribution in [-0.4, -0.2) is 40.4 Å². The van der Waals surface area contributed by atoms with E-state index in [1.807, 2.05) is 13.8 Å². The molecule has 2 rings (SSSR count). The molecule has 0 saturated carbocycles. The summed E-state index contributed by atoms with van der Waals surface area (Å²) in [6.45, 7) is 5.37. The number of aliphatic hydroxyl groups is 1. The smallest absolute Gasteiger partial charge is 0.242 e. The number of nitrogens with zero attached hydrogens (tertiary/aromatic N) is 3. The second kappa shape index (κ2) is 5.39. The van der Waals surface area contributed by atoms with Gasteiger partial charge in [0.15, 0.2) is 5.82 Å². The van der Waals surface area contributed by atoms with E-state index >= 15 is 0 Å². The van der Waals surface area contributed by atoms with Crippen molar-refractivity contribution in [2.75, 3.05) is 23.7 Å². The Morgan fingerprint density at radius 2 is 2.06 bits per heavy atom. The monoisotopic (exact) mass is 252 g/mol. The van der Waals surface area contributed by atoms with E-state index < -0.39 is 0 Å². The van der Waals surface area contributed by atoms with Crippen LogP contribution in [0.3, 0.4) is 0 Å². The topological polar surface area (TPSA) is 84.5 Å². The number of nitrogens with two attached hydrogens (primary N) is 1. The van der Waals surface area contributed by atoms with Gasteiger partial charge in [-0.15, -0.1) is 0 Å². The third-order valence-corrected chi connectivity index (χ3v) is 2.94. The van der Waals surface area contributed by atoms with Crippen LogP contribution in [0, 0.1) is 0 Å². The van der Waals surface area contributed by atoms with Crippen molar-refractivity contribution in [3.8, 4) is 5.88 Å². The minimum atomic E-state index is -0.212. The van der Waals surface area contributed by atoms with E-state index in [1.54, 1.807) is 0 Å². The fourth-order valence-corrected chi connectivity index (χ4v) is 2.02. The van der Waals surface area contributed by atoms with Gasteiger partial charge in [-0.2, -0.15) is 4.98 Å². The molecule has 1 aromatic rings. The molecule has 1 aliphatic rings. The molecule has 0 radical (unpaired) electrons. The maximum Gasteiger partial charge on any atom is 0.242 e. The van der Waals surface area contributed by atoms with Gasteiger partial charge in [0, 0.05) is 13.1 Å². The lowest BCUT2D eigenvalue weighted by atomic mass is 10.1. The van der Waals surface area contributed by atoms with Crippen LogP contribution in [0.1, 0.15) is 26.7 Å². The van der Waals surface area contributed by atoms with Gasteiger partial charge >= 0.3 is 0 Å². The molecule has 1 saturated heterocycles. The lowest BCUT2D eigenvalue weighted by Crippen LogP contribution is -2.36. The van der Waals surface area contributed by atoms with Crippen LogP contribution in [0.15, 0.2) is 6.33 Å². The van der Waals surface area contributed by atoms with Crippen molar-refractivity contribution in [2.45, 2.75) is 38.9 Å². The minimum absolute atomic E-state index is 0.0261. The Bertz CT molecular complexity index is 403. The van der Waals surface area contributed by atoms with Crippen molar-refractivity contribution in [2.24, 2.45) is 0 Å². The van der Waals surface area contributed by atoms with Crippen LogP contribution < -0.4 is 15.4 Å². The first-order valence-corrected chi connectivity index (χ1v) is 6.28. The van der Waals surface area contributed by atoms with Crippen molar-refractivity contribution >= 4 is 11.5 Å². The molecule has 0 aliphatic carbocycles. The number of hydrogen-bond acceptors (Lipinski definition) is 6. The molecular weight excluding hydrogens is 232 g/mol. The predicted molar refractivity (Wildman–Crippen MR) is 69.7 cm³/mol. The van der Waals surface area contributed by atoms with E-state index in [4.69, 9.17) is 10.5 Å². The Morgan fingerprint density at radius 1 is 1.39 bits per heavy atom. The summed E-state index contributed by atoms with van der Waals surface area (Å²) in [5.41, 5.74) is 6.52. The van der Waals surface area contributed by atoms with Gasteiger partial charge in [0.2, 0.25) is 5.88 Å². The zero-order valence-electron chi connectivity index (χ0n) is 10.8. The molecular formula is C12H20N4O2. The molecule has 1 fully saturated rings. The summed E-state index contributed by atoms with van der Waals surface area (Å²) < 4.78 is 5.55. The molecule has 0 amide bonds. The largest absolute Gasteiger partial charge is 0.473 e. The first-order valence-electron chi connectivity index (χ1n) is 6.28. The highest BCUT2D eigenvalue weighted by Gasteiger charge is 2.21. The number of aromatic nitrogens is 2. The van der Waals surface area contributed by atoms with Crippen molar-refractivity contribution < 1.29 is 9.84 Å². The van der Waals surface area contributed by atoms with Crippen LogP contribution in [0.4, 0.5) is 11.5 Å². The number of hydrogen-bond donors (Lipinski definition) is 2. The third kappa shape index (κ3) is 2.81. The molecule has 1 aromatic heterocycles. The standard InChI is InChI=1S/C12H20N4O2/c1-8(2)18-12-10(13)11(14-7-15-12)16-5-3-9(17)4-6-16/h7-9,17H,3-6,13H2,1-2H3. The molecule has 0 unspecified atom stereocenters. The summed E-state index contributed by atoms with van der Waals surface area (Å²) in [5.74, 6) is 1.13. The molecule has 18 heavy (non-hydrogen) atoms. The predicted octanol–water partition coefficient (Wildman–Crippen LogP) is 0.807. The summed E-state index contributed by atoms with van der Waals surface area (Å²) in [7, 11) is 0. The Morgan fingerprint density at radius 3 is 2.67 bits per heavy atom. The maximum absolute atomic E-state index is 9.50. The van der Waals surface area contributed by atoms with Gasteiger partial charge in [0.1, 0.15) is 12.0 Å². The van der Waals surface area contributed by atoms with Crippen molar-refractivity contribution in [1.29, 1.82) is 0 Å². The Labute approximate surface area is 107 Å². The van der Waals surface area contributed by atoms with Crippen molar-refractivity contribution in [3.63, 3.8) is 0 Å². The van der Waals surface area contributed by atoms with Crippen molar-refractivity contribution in [3.05, 3.63) is 6.33 Å². The first-order chi connectivity index (χ1) is 8.58. The van der Waals surface area contributed by atoms with Gasteiger partial charge in [0.25, 0.3) is 0 Å². The van der Waals surface area contributed by atoms with Gasteiger partial charge in [-0.25, -0.2) is 4.98 Å². The Balaban J connectivity index is 2.17. The Hall–Kier alpha value is -1.56. The average molecular weight is 252 g/mol. The molecule has 0 spiro atoms. The first kappa shape index (κ1) is 12.9. The van der Waals surface area contributed by atoms with Gasteiger partial charge in [-0.05, 0) is 26.7 Å². The van der Waals surface area contributed by atoms with E-state index in [9.17, 15) is 5.11 Å². The highest BCUT2D eigenvalue weighted by molar-refractivity contribution is 5.67. The highest BCUT2D eigenvalue weighted by atomic mass is 16.5. The van der Waals surface area contributed by atoms with Crippen LogP contribution >= 0.6 is 0 Å². The van der Waals surface area contributed by atoms with E-state index in [-0.39, 0.29) is 12.2 Å². The lowest BCUT2D eigenvalue weighted by Gasteiger charge is -2.31. The second-order valence-electron chi connectivity index (χ2n) is 4.80. The van der Waals surface area contributed by atoms with E-state index in [0.717, 1.165) is 25.9 Å². The number of aliphatic hydroxyl groups excluding tert-OH is 1. The summed E-state index contributed by atoms with van der Waals surface area (Å²) in [6.07, 6.45) is 2.76. The molecule has 1 aliphatic heterocycles. The van der Waals surface area contributed by atoms with E-state index in [2.05, 4.69) is 14.9 Å². The highest BCUT2D eigenvalue weighted by Crippen LogP contribution is 2.30. The summed E-state index contributed by atoms with van der Waals surface area (Å²) in [4.78, 5) is 10.3. The molecule has 0 atom stereocenters. The number of rotatable bonds is 3. The van der Waals surface area contributed by atoms with Crippen molar-refractivity contribution in [1.82, 2.24) is 9.97 Å². The minimum Gasteiger partial charge on any atom is -0.473 e. The third-order valence-electron chi connectivity index (χ3n) is 2.94. The zero-order chi connectivity index (χ0) is 13.1. The molecule has 0 bridgehead atoms. The van der Waals surface area contributed by atoms with Gasteiger partial charge in [-0.3, -0.25) is 0 Å². The molecule has 3 N–H and O–H groups in total. The quantitative estimate of drug-likeness (QED) is 0.828. The molecule has 6 heteroatoms. The summed E-state index contributed by atoms with van der Waals surface area (Å²) in [5, 5.41) is 9.50. The summed E-state index contributed by atoms with van der Waals surface area (Å²) in [6, 6.07) is 0. The van der Waals surface area contributed by atoms with Crippen LogP contribution in [0.5, 0.6) is 5.88 Å². The average Bonchev–Trinajstić information content (AvgIpc) is 2.33. The second-order valence-corrected chi connectivity index (χ2v) is 4.80. The number of ether oxygens (including phenoxy) is 1. The molecule has 0 aromatic carbocycles. The maximum atomic E-state index is 9.50. The van der Waals surface area contributed by atoms with Gasteiger partial charge in [0.05, 0.1) is 12.2 Å². The zero-order valence-corrected chi connectivity index (χ0v) is 10.8.